The van der Waals surface area contributed by atoms with Crippen molar-refractivity contribution in [2.45, 2.75) is 45.9 Å². The summed E-state index contributed by atoms with van der Waals surface area (Å²) >= 11 is 0. The number of nitrogens with one attached hydrogen (secondary N) is 1. The van der Waals surface area contributed by atoms with Crippen molar-refractivity contribution in [1.82, 2.24) is 15.1 Å². The molecule has 112 valence electrons. The Morgan fingerprint density at radius 1 is 1.32 bits per heavy atom. The third-order valence-electron chi connectivity index (χ3n) is 4.53. The minimum atomic E-state index is 0.389. The first-order valence-electron chi connectivity index (χ1n) is 7.91. The van der Waals surface area contributed by atoms with Crippen LogP contribution >= 0.6 is 0 Å². The van der Waals surface area contributed by atoms with E-state index in [2.05, 4.69) is 42.8 Å². The second-order valence-electron chi connectivity index (χ2n) is 6.46. The molecular weight excluding hydrogens is 238 g/mol. The molecule has 4 heteroatoms. The van der Waals surface area contributed by atoms with Crippen molar-refractivity contribution in [3.05, 3.63) is 0 Å². The zero-order chi connectivity index (χ0) is 13.8. The lowest BCUT2D eigenvalue weighted by atomic mass is 9.98. The Kier molecular flexibility index (Phi) is 5.63. The first-order chi connectivity index (χ1) is 9.10. The number of ether oxygens (including phenoxy) is 1. The molecule has 3 unspecified atom stereocenters. The molecule has 0 spiro atoms. The van der Waals surface area contributed by atoms with Crippen LogP contribution in [0.4, 0.5) is 0 Å². The van der Waals surface area contributed by atoms with Crippen molar-refractivity contribution in [2.75, 3.05) is 45.9 Å². The molecule has 2 rings (SSSR count). The molecule has 19 heavy (non-hydrogen) atoms. The highest BCUT2D eigenvalue weighted by Crippen LogP contribution is 2.17. The second kappa shape index (κ2) is 7.02. The van der Waals surface area contributed by atoms with Gasteiger partial charge < -0.3 is 10.1 Å². The van der Waals surface area contributed by atoms with Crippen LogP contribution in [0.2, 0.25) is 0 Å². The van der Waals surface area contributed by atoms with Crippen molar-refractivity contribution in [3.8, 4) is 0 Å². The fraction of sp³-hybridized carbons (Fsp3) is 1.00. The average molecular weight is 269 g/mol. The molecule has 2 heterocycles. The van der Waals surface area contributed by atoms with Gasteiger partial charge >= 0.3 is 0 Å². The highest BCUT2D eigenvalue weighted by atomic mass is 16.5. The predicted molar refractivity (Wildman–Crippen MR) is 79.5 cm³/mol. The van der Waals surface area contributed by atoms with E-state index in [0.717, 1.165) is 45.9 Å². The van der Waals surface area contributed by atoms with Crippen molar-refractivity contribution in [1.29, 1.82) is 0 Å². The summed E-state index contributed by atoms with van der Waals surface area (Å²) in [5.74, 6) is 0.700. The van der Waals surface area contributed by atoms with E-state index in [9.17, 15) is 0 Å². The number of rotatable bonds is 4. The molecule has 2 aliphatic rings. The first kappa shape index (κ1) is 15.2. The topological polar surface area (TPSA) is 27.7 Å². The predicted octanol–water partition coefficient (Wildman–Crippen LogP) is 1.03. The maximum Gasteiger partial charge on any atom is 0.0829 e. The molecule has 0 bridgehead atoms. The van der Waals surface area contributed by atoms with E-state index in [0.29, 0.717) is 24.1 Å². The number of hydrogen-bond donors (Lipinski definition) is 1. The standard InChI is InChI=1S/C15H31N3O/c1-5-17-6-7-19-14(10-17)11-18-9-13(4)16-8-15(18)12(2)3/h12-16H,5-11H2,1-4H3. The van der Waals surface area contributed by atoms with E-state index in [4.69, 9.17) is 4.74 Å². The fourth-order valence-corrected chi connectivity index (χ4v) is 3.31. The van der Waals surface area contributed by atoms with Crippen molar-refractivity contribution >= 4 is 0 Å². The number of hydrogen-bond acceptors (Lipinski definition) is 4. The SMILES string of the molecule is CCN1CCOC(CN2CC(C)NCC2C(C)C)C1. The van der Waals surface area contributed by atoms with Gasteiger partial charge in [0.05, 0.1) is 12.7 Å². The fourth-order valence-electron chi connectivity index (χ4n) is 3.31. The summed E-state index contributed by atoms with van der Waals surface area (Å²) in [5, 5.41) is 3.61. The molecule has 0 aliphatic carbocycles. The summed E-state index contributed by atoms with van der Waals surface area (Å²) in [7, 11) is 0. The lowest BCUT2D eigenvalue weighted by Crippen LogP contribution is -2.60. The van der Waals surface area contributed by atoms with Gasteiger partial charge in [0.15, 0.2) is 0 Å². The Hall–Kier alpha value is -0.160. The van der Waals surface area contributed by atoms with Crippen LogP contribution in [0.25, 0.3) is 0 Å². The van der Waals surface area contributed by atoms with Gasteiger partial charge in [-0.1, -0.05) is 20.8 Å². The summed E-state index contributed by atoms with van der Waals surface area (Å²) in [4.78, 5) is 5.15. The smallest absolute Gasteiger partial charge is 0.0829 e. The minimum absolute atomic E-state index is 0.389. The largest absolute Gasteiger partial charge is 0.374 e. The van der Waals surface area contributed by atoms with Gasteiger partial charge in [0.2, 0.25) is 0 Å². The molecule has 0 amide bonds. The van der Waals surface area contributed by atoms with Crippen molar-refractivity contribution in [2.24, 2.45) is 5.92 Å². The van der Waals surface area contributed by atoms with Crippen LogP contribution in [0.15, 0.2) is 0 Å². The van der Waals surface area contributed by atoms with E-state index >= 15 is 0 Å². The summed E-state index contributed by atoms with van der Waals surface area (Å²) in [5.41, 5.74) is 0. The lowest BCUT2D eigenvalue weighted by molar-refractivity contribution is -0.0548. The molecule has 0 aromatic carbocycles. The molecule has 4 nitrogen and oxygen atoms in total. The molecule has 2 saturated heterocycles. The van der Waals surface area contributed by atoms with Gasteiger partial charge in [-0.2, -0.15) is 0 Å². The zero-order valence-electron chi connectivity index (χ0n) is 13.1. The molecule has 1 N–H and O–H groups in total. The van der Waals surface area contributed by atoms with Gasteiger partial charge in [-0.25, -0.2) is 0 Å². The highest BCUT2D eigenvalue weighted by molar-refractivity contribution is 4.88. The van der Waals surface area contributed by atoms with Gasteiger partial charge in [-0.15, -0.1) is 0 Å². The van der Waals surface area contributed by atoms with E-state index in [1.54, 1.807) is 0 Å². The lowest BCUT2D eigenvalue weighted by Gasteiger charge is -2.44. The van der Waals surface area contributed by atoms with Crippen LogP contribution < -0.4 is 5.32 Å². The van der Waals surface area contributed by atoms with E-state index in [-0.39, 0.29) is 0 Å². The Balaban J connectivity index is 1.90. The van der Waals surface area contributed by atoms with E-state index in [1.807, 2.05) is 0 Å². The molecule has 3 atom stereocenters. The van der Waals surface area contributed by atoms with Gasteiger partial charge in [-0.05, 0) is 19.4 Å². The van der Waals surface area contributed by atoms with E-state index < -0.39 is 0 Å². The second-order valence-corrected chi connectivity index (χ2v) is 6.46. The third-order valence-corrected chi connectivity index (χ3v) is 4.53. The first-order valence-corrected chi connectivity index (χ1v) is 7.91. The van der Waals surface area contributed by atoms with Crippen LogP contribution in [-0.4, -0.2) is 73.9 Å². The van der Waals surface area contributed by atoms with Crippen molar-refractivity contribution in [3.63, 3.8) is 0 Å². The molecule has 2 fully saturated rings. The quantitative estimate of drug-likeness (QED) is 0.825. The Bertz CT molecular complexity index is 272. The molecule has 0 saturated carbocycles. The average Bonchev–Trinajstić information content (AvgIpc) is 2.38. The maximum absolute atomic E-state index is 5.97. The summed E-state index contributed by atoms with van der Waals surface area (Å²) in [6.07, 6.45) is 0.389. The summed E-state index contributed by atoms with van der Waals surface area (Å²) < 4.78 is 5.97. The van der Waals surface area contributed by atoms with Gasteiger partial charge in [0.25, 0.3) is 0 Å². The molecule has 0 radical (unpaired) electrons. The normalized spacial score (nSPS) is 34.9. The monoisotopic (exact) mass is 269 g/mol. The Morgan fingerprint density at radius 3 is 2.79 bits per heavy atom. The summed E-state index contributed by atoms with van der Waals surface area (Å²) in [6.45, 7) is 16.8. The Morgan fingerprint density at radius 2 is 2.11 bits per heavy atom. The van der Waals surface area contributed by atoms with Crippen molar-refractivity contribution < 1.29 is 4.74 Å². The van der Waals surface area contributed by atoms with Gasteiger partial charge in [0, 0.05) is 44.8 Å². The minimum Gasteiger partial charge on any atom is -0.374 e. The third kappa shape index (κ3) is 4.15. The summed E-state index contributed by atoms with van der Waals surface area (Å²) in [6, 6.07) is 1.25. The number of likely N-dealkylation sites (N-methyl/N-ethyl adjacent to an activating group) is 1. The van der Waals surface area contributed by atoms with Crippen LogP contribution in [0, 0.1) is 5.92 Å². The maximum atomic E-state index is 5.97. The van der Waals surface area contributed by atoms with Crippen LogP contribution in [-0.2, 0) is 4.74 Å². The van der Waals surface area contributed by atoms with Crippen LogP contribution in [0.5, 0.6) is 0 Å². The van der Waals surface area contributed by atoms with Crippen LogP contribution in [0.3, 0.4) is 0 Å². The molecular formula is C15H31N3O. The molecule has 0 aromatic rings. The number of nitrogens with zero attached hydrogens (tertiary/aromatic N) is 2. The zero-order valence-corrected chi connectivity index (χ0v) is 13.1. The molecule has 2 aliphatic heterocycles. The number of piperazine rings is 1. The Labute approximate surface area is 118 Å². The van der Waals surface area contributed by atoms with Gasteiger partial charge in [0.1, 0.15) is 0 Å². The number of morpholine rings is 1. The van der Waals surface area contributed by atoms with E-state index in [1.165, 1.54) is 0 Å². The van der Waals surface area contributed by atoms with Gasteiger partial charge in [-0.3, -0.25) is 9.80 Å². The highest BCUT2D eigenvalue weighted by Gasteiger charge is 2.31. The van der Waals surface area contributed by atoms with Crippen LogP contribution in [0.1, 0.15) is 27.7 Å². The molecule has 0 aromatic heterocycles.